The van der Waals surface area contributed by atoms with E-state index in [2.05, 4.69) is 19.2 Å². The van der Waals surface area contributed by atoms with E-state index in [1.165, 1.54) is 5.56 Å². The first-order valence-electron chi connectivity index (χ1n) is 7.35. The molecule has 0 saturated heterocycles. The highest BCUT2D eigenvalue weighted by molar-refractivity contribution is 6.33. The minimum absolute atomic E-state index is 0.0868. The van der Waals surface area contributed by atoms with Crippen LogP contribution in [0.15, 0.2) is 36.4 Å². The van der Waals surface area contributed by atoms with Crippen LogP contribution in [0.3, 0.4) is 0 Å². The van der Waals surface area contributed by atoms with Gasteiger partial charge in [-0.2, -0.15) is 0 Å². The second kappa shape index (κ2) is 7.09. The highest BCUT2D eigenvalue weighted by Crippen LogP contribution is 2.22. The average Bonchev–Trinajstić information content (AvgIpc) is 2.50. The Balaban J connectivity index is 2.15. The van der Waals surface area contributed by atoms with Gasteiger partial charge in [0.25, 0.3) is 5.91 Å². The summed E-state index contributed by atoms with van der Waals surface area (Å²) in [4.78, 5) is 12.2. The van der Waals surface area contributed by atoms with Crippen molar-refractivity contribution < 1.29 is 13.6 Å². The lowest BCUT2D eigenvalue weighted by atomic mass is 9.99. The van der Waals surface area contributed by atoms with Gasteiger partial charge >= 0.3 is 0 Å². The maximum absolute atomic E-state index is 13.3. The molecular weight excluding hydrogens is 320 g/mol. The van der Waals surface area contributed by atoms with Crippen molar-refractivity contribution in [2.24, 2.45) is 0 Å². The number of hydrogen-bond donors (Lipinski definition) is 1. The van der Waals surface area contributed by atoms with E-state index in [0.717, 1.165) is 17.7 Å². The van der Waals surface area contributed by atoms with Crippen LogP contribution in [-0.4, -0.2) is 5.91 Å². The number of benzene rings is 2. The van der Waals surface area contributed by atoms with Crippen molar-refractivity contribution in [3.05, 3.63) is 69.7 Å². The Morgan fingerprint density at radius 3 is 2.09 bits per heavy atom. The van der Waals surface area contributed by atoms with E-state index >= 15 is 0 Å². The van der Waals surface area contributed by atoms with Crippen LogP contribution >= 0.6 is 11.6 Å². The third-order valence-electron chi connectivity index (χ3n) is 3.71. The molecule has 2 aromatic rings. The molecule has 0 fully saturated rings. The topological polar surface area (TPSA) is 29.1 Å². The summed E-state index contributed by atoms with van der Waals surface area (Å²) in [7, 11) is 0. The molecule has 1 N–H and O–H groups in total. The van der Waals surface area contributed by atoms with Gasteiger partial charge in [-0.3, -0.25) is 4.79 Å². The van der Waals surface area contributed by atoms with E-state index < -0.39 is 17.5 Å². The second-order valence-corrected chi connectivity index (χ2v) is 6.17. The third-order valence-corrected chi connectivity index (χ3v) is 4.02. The first kappa shape index (κ1) is 17.4. The van der Waals surface area contributed by atoms with E-state index in [0.29, 0.717) is 5.92 Å². The molecule has 1 unspecified atom stereocenters. The number of carbonyl (C=O) groups is 1. The van der Waals surface area contributed by atoms with Crippen molar-refractivity contribution in [1.82, 2.24) is 5.32 Å². The van der Waals surface area contributed by atoms with Crippen LogP contribution in [0.4, 0.5) is 8.78 Å². The summed E-state index contributed by atoms with van der Waals surface area (Å²) in [6, 6.07) is 9.21. The monoisotopic (exact) mass is 337 g/mol. The van der Waals surface area contributed by atoms with E-state index in [4.69, 9.17) is 11.6 Å². The van der Waals surface area contributed by atoms with E-state index in [-0.39, 0.29) is 16.6 Å². The number of amides is 1. The zero-order valence-electron chi connectivity index (χ0n) is 13.2. The summed E-state index contributed by atoms with van der Waals surface area (Å²) >= 11 is 5.81. The summed E-state index contributed by atoms with van der Waals surface area (Å²) in [6.07, 6.45) is 0. The molecule has 5 heteroatoms. The molecule has 0 bridgehead atoms. The molecule has 0 aliphatic rings. The zero-order chi connectivity index (χ0) is 17.1. The molecule has 2 aromatic carbocycles. The van der Waals surface area contributed by atoms with Crippen molar-refractivity contribution in [2.45, 2.75) is 32.7 Å². The van der Waals surface area contributed by atoms with Crippen LogP contribution in [0.5, 0.6) is 0 Å². The molecule has 122 valence electrons. The Morgan fingerprint density at radius 1 is 1.00 bits per heavy atom. The predicted octanol–water partition coefficient (Wildman–Crippen LogP) is 5.23. The van der Waals surface area contributed by atoms with E-state index in [1.54, 1.807) is 0 Å². The molecule has 0 aromatic heterocycles. The van der Waals surface area contributed by atoms with Crippen LogP contribution < -0.4 is 5.32 Å². The molecule has 1 atom stereocenters. The first-order chi connectivity index (χ1) is 10.8. The molecule has 0 saturated carbocycles. The van der Waals surface area contributed by atoms with Gasteiger partial charge in [0.15, 0.2) is 11.6 Å². The highest BCUT2D eigenvalue weighted by atomic mass is 35.5. The van der Waals surface area contributed by atoms with E-state index in [9.17, 15) is 13.6 Å². The summed E-state index contributed by atoms with van der Waals surface area (Å²) in [5, 5.41) is 2.61. The van der Waals surface area contributed by atoms with Crippen LogP contribution in [0.25, 0.3) is 0 Å². The Morgan fingerprint density at radius 2 is 1.52 bits per heavy atom. The molecule has 23 heavy (non-hydrogen) atoms. The van der Waals surface area contributed by atoms with Crippen LogP contribution in [-0.2, 0) is 0 Å². The van der Waals surface area contributed by atoms with Crippen molar-refractivity contribution >= 4 is 17.5 Å². The lowest BCUT2D eigenvalue weighted by Gasteiger charge is -2.16. The highest BCUT2D eigenvalue weighted by Gasteiger charge is 2.17. The number of halogens is 3. The number of rotatable bonds is 4. The van der Waals surface area contributed by atoms with Crippen molar-refractivity contribution in [3.8, 4) is 0 Å². The SMILES string of the molecule is CC(C)c1ccc(C(C)NC(=O)c2cc(F)c(F)cc2Cl)cc1. The Labute approximate surface area is 139 Å². The van der Waals surface area contributed by atoms with Gasteiger partial charge in [-0.05, 0) is 36.1 Å². The predicted molar refractivity (Wildman–Crippen MR) is 87.8 cm³/mol. The zero-order valence-corrected chi connectivity index (χ0v) is 13.9. The summed E-state index contributed by atoms with van der Waals surface area (Å²) in [6.45, 7) is 6.02. The summed E-state index contributed by atoms with van der Waals surface area (Å²) in [5.74, 6) is -2.30. The molecule has 0 spiro atoms. The third kappa shape index (κ3) is 4.08. The summed E-state index contributed by atoms with van der Waals surface area (Å²) < 4.78 is 26.3. The maximum Gasteiger partial charge on any atom is 0.253 e. The molecule has 2 rings (SSSR count). The Kier molecular flexibility index (Phi) is 5.37. The molecule has 0 aliphatic heterocycles. The number of nitrogens with one attached hydrogen (secondary N) is 1. The lowest BCUT2D eigenvalue weighted by Crippen LogP contribution is -2.27. The second-order valence-electron chi connectivity index (χ2n) is 5.76. The van der Waals surface area contributed by atoms with Gasteiger partial charge in [0.2, 0.25) is 0 Å². The number of hydrogen-bond acceptors (Lipinski definition) is 1. The fraction of sp³-hybridized carbons (Fsp3) is 0.278. The number of carbonyl (C=O) groups excluding carboxylic acids is 1. The smallest absolute Gasteiger partial charge is 0.253 e. The van der Waals surface area contributed by atoms with Crippen LogP contribution in [0.1, 0.15) is 54.2 Å². The largest absolute Gasteiger partial charge is 0.345 e. The molecule has 0 aliphatic carbocycles. The van der Waals surface area contributed by atoms with Crippen molar-refractivity contribution in [2.75, 3.05) is 0 Å². The van der Waals surface area contributed by atoms with Crippen LogP contribution in [0, 0.1) is 11.6 Å². The minimum Gasteiger partial charge on any atom is -0.345 e. The standard InChI is InChI=1S/C18H18ClF2NO/c1-10(2)12-4-6-13(7-5-12)11(3)22-18(23)14-8-16(20)17(21)9-15(14)19/h4-11H,1-3H3,(H,22,23). The molecule has 0 heterocycles. The first-order valence-corrected chi connectivity index (χ1v) is 7.72. The quantitative estimate of drug-likeness (QED) is 0.760. The minimum atomic E-state index is -1.10. The van der Waals surface area contributed by atoms with Gasteiger partial charge < -0.3 is 5.32 Å². The molecule has 1 amide bonds. The van der Waals surface area contributed by atoms with Gasteiger partial charge in [-0.1, -0.05) is 49.7 Å². The lowest BCUT2D eigenvalue weighted by molar-refractivity contribution is 0.0939. The van der Waals surface area contributed by atoms with Crippen LogP contribution in [0.2, 0.25) is 5.02 Å². The molecule has 0 radical (unpaired) electrons. The Hall–Kier alpha value is -1.94. The van der Waals surface area contributed by atoms with Gasteiger partial charge in [0.1, 0.15) is 0 Å². The fourth-order valence-corrected chi connectivity index (χ4v) is 2.46. The van der Waals surface area contributed by atoms with Gasteiger partial charge in [0, 0.05) is 0 Å². The molecule has 2 nitrogen and oxygen atoms in total. The van der Waals surface area contributed by atoms with Gasteiger partial charge in [-0.25, -0.2) is 8.78 Å². The van der Waals surface area contributed by atoms with E-state index in [1.807, 2.05) is 31.2 Å². The summed E-state index contributed by atoms with van der Waals surface area (Å²) in [5.41, 5.74) is 2.04. The molecular formula is C18H18ClF2NO. The Bertz CT molecular complexity index is 714. The van der Waals surface area contributed by atoms with Crippen molar-refractivity contribution in [1.29, 1.82) is 0 Å². The van der Waals surface area contributed by atoms with Crippen molar-refractivity contribution in [3.63, 3.8) is 0 Å². The van der Waals surface area contributed by atoms with Gasteiger partial charge in [-0.15, -0.1) is 0 Å². The maximum atomic E-state index is 13.3. The normalized spacial score (nSPS) is 12.3. The fourth-order valence-electron chi connectivity index (χ4n) is 2.22. The average molecular weight is 338 g/mol. The van der Waals surface area contributed by atoms with Gasteiger partial charge in [0.05, 0.1) is 16.6 Å².